The molecule has 0 spiro atoms. The summed E-state index contributed by atoms with van der Waals surface area (Å²) in [4.78, 5) is 11.6. The molecular formula is C17H30O2. The Hall–Kier alpha value is -0.790. The molecular weight excluding hydrogens is 236 g/mol. The third-order valence-electron chi connectivity index (χ3n) is 4.12. The van der Waals surface area contributed by atoms with E-state index in [4.69, 9.17) is 4.74 Å². The Kier molecular flexibility index (Phi) is 7.85. The third kappa shape index (κ3) is 6.26. The van der Waals surface area contributed by atoms with E-state index in [0.29, 0.717) is 11.5 Å². The minimum absolute atomic E-state index is 0.143. The first kappa shape index (κ1) is 16.3. The lowest BCUT2D eigenvalue weighted by atomic mass is 9.83. The van der Waals surface area contributed by atoms with Crippen LogP contribution in [0.1, 0.15) is 78.1 Å². The predicted molar refractivity (Wildman–Crippen MR) is 80.0 cm³/mol. The van der Waals surface area contributed by atoms with Gasteiger partial charge in [0.15, 0.2) is 0 Å². The van der Waals surface area contributed by atoms with E-state index in [-0.39, 0.29) is 12.1 Å². The molecule has 2 heteroatoms. The molecule has 0 radical (unpaired) electrons. The van der Waals surface area contributed by atoms with E-state index in [1.54, 1.807) is 6.92 Å². The van der Waals surface area contributed by atoms with Gasteiger partial charge in [-0.3, -0.25) is 0 Å². The molecule has 0 N–H and O–H groups in total. The van der Waals surface area contributed by atoms with Crippen LogP contribution < -0.4 is 0 Å². The highest BCUT2D eigenvalue weighted by Crippen LogP contribution is 2.31. The van der Waals surface area contributed by atoms with Gasteiger partial charge in [0.05, 0.1) is 0 Å². The summed E-state index contributed by atoms with van der Waals surface area (Å²) in [6.45, 7) is 7.64. The fraction of sp³-hybridized carbons (Fsp3) is 0.824. The van der Waals surface area contributed by atoms with Crippen LogP contribution in [0.3, 0.4) is 0 Å². The largest absolute Gasteiger partial charge is 0.459 e. The second-order valence-electron chi connectivity index (χ2n) is 5.97. The Morgan fingerprint density at radius 1 is 1.16 bits per heavy atom. The zero-order chi connectivity index (χ0) is 14.1. The Labute approximate surface area is 118 Å². The van der Waals surface area contributed by atoms with Crippen molar-refractivity contribution in [3.8, 4) is 0 Å². The highest BCUT2D eigenvalue weighted by Gasteiger charge is 2.27. The van der Waals surface area contributed by atoms with Gasteiger partial charge >= 0.3 is 5.97 Å². The number of unbranched alkanes of at least 4 members (excludes halogenated alkanes) is 4. The van der Waals surface area contributed by atoms with E-state index < -0.39 is 0 Å². The van der Waals surface area contributed by atoms with Gasteiger partial charge in [-0.2, -0.15) is 0 Å². The average molecular weight is 266 g/mol. The van der Waals surface area contributed by atoms with Crippen molar-refractivity contribution < 1.29 is 9.53 Å². The van der Waals surface area contributed by atoms with Crippen LogP contribution in [-0.4, -0.2) is 12.1 Å². The van der Waals surface area contributed by atoms with Crippen LogP contribution in [-0.2, 0) is 9.53 Å². The Balaban J connectivity index is 2.31. The quantitative estimate of drug-likeness (QED) is 0.350. The SMILES string of the molecule is C=C(C)C(=O)OC1CCCCC1CCCCCCC. The number of hydrogen-bond acceptors (Lipinski definition) is 2. The lowest BCUT2D eigenvalue weighted by molar-refractivity contribution is -0.148. The summed E-state index contributed by atoms with van der Waals surface area (Å²) in [5, 5.41) is 0. The number of rotatable bonds is 8. The summed E-state index contributed by atoms with van der Waals surface area (Å²) in [5.74, 6) is 0.376. The molecule has 0 saturated heterocycles. The molecule has 0 aromatic carbocycles. The lowest BCUT2D eigenvalue weighted by Gasteiger charge is -2.31. The van der Waals surface area contributed by atoms with Crippen molar-refractivity contribution in [1.29, 1.82) is 0 Å². The molecule has 1 rings (SSSR count). The van der Waals surface area contributed by atoms with Gasteiger partial charge in [0.1, 0.15) is 6.10 Å². The predicted octanol–water partition coefficient (Wildman–Crippen LogP) is 5.03. The fourth-order valence-electron chi connectivity index (χ4n) is 2.91. The molecule has 1 fully saturated rings. The van der Waals surface area contributed by atoms with Crippen LogP contribution in [0.15, 0.2) is 12.2 Å². The minimum Gasteiger partial charge on any atom is -0.459 e. The molecule has 19 heavy (non-hydrogen) atoms. The van der Waals surface area contributed by atoms with E-state index in [0.717, 1.165) is 6.42 Å². The van der Waals surface area contributed by atoms with Crippen molar-refractivity contribution in [3.63, 3.8) is 0 Å². The summed E-state index contributed by atoms with van der Waals surface area (Å²) in [6.07, 6.45) is 12.7. The molecule has 0 amide bonds. The Morgan fingerprint density at radius 3 is 2.53 bits per heavy atom. The number of carbonyl (C=O) groups excluding carboxylic acids is 1. The van der Waals surface area contributed by atoms with Crippen molar-refractivity contribution >= 4 is 5.97 Å². The maximum absolute atomic E-state index is 11.6. The molecule has 2 unspecified atom stereocenters. The summed E-state index contributed by atoms with van der Waals surface area (Å²) >= 11 is 0. The second-order valence-corrected chi connectivity index (χ2v) is 5.97. The van der Waals surface area contributed by atoms with Gasteiger partial charge in [0.2, 0.25) is 0 Å². The highest BCUT2D eigenvalue weighted by molar-refractivity contribution is 5.87. The molecule has 110 valence electrons. The van der Waals surface area contributed by atoms with E-state index in [1.165, 1.54) is 57.8 Å². The molecule has 0 heterocycles. The first-order valence-corrected chi connectivity index (χ1v) is 8.01. The normalized spacial score (nSPS) is 23.1. The molecule has 1 aliphatic carbocycles. The van der Waals surface area contributed by atoms with Gasteiger partial charge in [-0.15, -0.1) is 0 Å². The molecule has 1 saturated carbocycles. The molecule has 1 aliphatic rings. The van der Waals surface area contributed by atoms with Crippen LogP contribution in [0.25, 0.3) is 0 Å². The standard InChI is InChI=1S/C17H30O2/c1-4-5-6-7-8-11-15-12-9-10-13-16(15)19-17(18)14(2)3/h15-16H,2,4-13H2,1,3H3. The number of ether oxygens (including phenoxy) is 1. The molecule has 2 nitrogen and oxygen atoms in total. The second kappa shape index (κ2) is 9.17. The van der Waals surface area contributed by atoms with Crippen molar-refractivity contribution in [2.45, 2.75) is 84.2 Å². The summed E-state index contributed by atoms with van der Waals surface area (Å²) < 4.78 is 5.61. The van der Waals surface area contributed by atoms with Gasteiger partial charge in [-0.05, 0) is 38.5 Å². The molecule has 0 aliphatic heterocycles. The summed E-state index contributed by atoms with van der Waals surface area (Å²) in [7, 11) is 0. The Bertz CT molecular complexity index is 283. The summed E-state index contributed by atoms with van der Waals surface area (Å²) in [5.41, 5.74) is 0.521. The first-order chi connectivity index (χ1) is 9.15. The van der Waals surface area contributed by atoms with E-state index >= 15 is 0 Å². The van der Waals surface area contributed by atoms with Crippen LogP contribution in [0.2, 0.25) is 0 Å². The van der Waals surface area contributed by atoms with Crippen LogP contribution in [0.5, 0.6) is 0 Å². The first-order valence-electron chi connectivity index (χ1n) is 8.01. The zero-order valence-corrected chi connectivity index (χ0v) is 12.7. The van der Waals surface area contributed by atoms with Gasteiger partial charge in [0.25, 0.3) is 0 Å². The van der Waals surface area contributed by atoms with Gasteiger partial charge < -0.3 is 4.74 Å². The number of carbonyl (C=O) groups is 1. The van der Waals surface area contributed by atoms with E-state index in [2.05, 4.69) is 13.5 Å². The van der Waals surface area contributed by atoms with Crippen LogP contribution in [0, 0.1) is 5.92 Å². The maximum atomic E-state index is 11.6. The highest BCUT2D eigenvalue weighted by atomic mass is 16.5. The molecule has 0 aromatic rings. The van der Waals surface area contributed by atoms with E-state index in [9.17, 15) is 4.79 Å². The lowest BCUT2D eigenvalue weighted by Crippen LogP contribution is -2.30. The van der Waals surface area contributed by atoms with E-state index in [1.807, 2.05) is 0 Å². The maximum Gasteiger partial charge on any atom is 0.333 e. The van der Waals surface area contributed by atoms with Gasteiger partial charge in [-0.25, -0.2) is 4.79 Å². The Morgan fingerprint density at radius 2 is 1.84 bits per heavy atom. The molecule has 0 bridgehead atoms. The smallest absolute Gasteiger partial charge is 0.333 e. The zero-order valence-electron chi connectivity index (χ0n) is 12.7. The van der Waals surface area contributed by atoms with Crippen molar-refractivity contribution in [2.75, 3.05) is 0 Å². The monoisotopic (exact) mass is 266 g/mol. The number of hydrogen-bond donors (Lipinski definition) is 0. The van der Waals surface area contributed by atoms with Gasteiger partial charge in [0, 0.05) is 5.57 Å². The van der Waals surface area contributed by atoms with Crippen molar-refractivity contribution in [2.24, 2.45) is 5.92 Å². The van der Waals surface area contributed by atoms with Crippen molar-refractivity contribution in [3.05, 3.63) is 12.2 Å². The number of esters is 1. The van der Waals surface area contributed by atoms with Crippen LogP contribution >= 0.6 is 0 Å². The van der Waals surface area contributed by atoms with Crippen LogP contribution in [0.4, 0.5) is 0 Å². The minimum atomic E-state index is -0.206. The summed E-state index contributed by atoms with van der Waals surface area (Å²) in [6, 6.07) is 0. The van der Waals surface area contributed by atoms with Gasteiger partial charge in [-0.1, -0.05) is 52.0 Å². The fourth-order valence-corrected chi connectivity index (χ4v) is 2.91. The molecule has 0 aromatic heterocycles. The average Bonchev–Trinajstić information content (AvgIpc) is 2.40. The topological polar surface area (TPSA) is 26.3 Å². The third-order valence-corrected chi connectivity index (χ3v) is 4.12. The molecule has 2 atom stereocenters. The van der Waals surface area contributed by atoms with Crippen molar-refractivity contribution in [1.82, 2.24) is 0 Å².